The third kappa shape index (κ3) is 2.73. The Labute approximate surface area is 69.5 Å². The third-order valence-electron chi connectivity index (χ3n) is 1.20. The molecule has 1 rings (SSSR count). The van der Waals surface area contributed by atoms with Crippen molar-refractivity contribution in [3.8, 4) is 0 Å². The molecule has 0 N–H and O–H groups in total. The van der Waals surface area contributed by atoms with Crippen LogP contribution >= 0.6 is 23.2 Å². The molecule has 0 amide bonds. The first-order valence-corrected chi connectivity index (χ1v) is 3.77. The quantitative estimate of drug-likeness (QED) is 0.568. The van der Waals surface area contributed by atoms with Crippen molar-refractivity contribution >= 4 is 27.8 Å². The third-order valence-corrected chi connectivity index (χ3v) is 1.36. The Kier molecular flexibility index (Phi) is 3.25. The van der Waals surface area contributed by atoms with E-state index in [1.807, 2.05) is 0 Å². The minimum Gasteiger partial charge on any atom is -0.378 e. The molecule has 1 fully saturated rings. The molecule has 0 saturated carbocycles. The summed E-state index contributed by atoms with van der Waals surface area (Å²) in [6.07, 6.45) is 0. The van der Waals surface area contributed by atoms with Gasteiger partial charge in [0, 0.05) is 0 Å². The molecule has 1 heterocycles. The largest absolute Gasteiger partial charge is 0.378 e. The maximum atomic E-state index is 5.34. The van der Waals surface area contributed by atoms with Gasteiger partial charge in [0.15, 0.2) is 0 Å². The van der Waals surface area contributed by atoms with E-state index in [1.54, 1.807) is 5.01 Å². The zero-order chi connectivity index (χ0) is 7.40. The van der Waals surface area contributed by atoms with Crippen molar-refractivity contribution in [2.75, 3.05) is 26.3 Å². The summed E-state index contributed by atoms with van der Waals surface area (Å²) in [6, 6.07) is 0. The molecule has 0 aliphatic carbocycles. The zero-order valence-electron chi connectivity index (χ0n) is 5.39. The van der Waals surface area contributed by atoms with Crippen LogP contribution in [0, 0.1) is 0 Å². The van der Waals surface area contributed by atoms with Gasteiger partial charge in [0.05, 0.1) is 26.3 Å². The Morgan fingerprint density at radius 2 is 1.90 bits per heavy atom. The SMILES string of the molecule is ClC(Cl)=NN1CCOCC1. The Hall–Kier alpha value is 0.01000. The molecule has 0 unspecified atom stereocenters. The van der Waals surface area contributed by atoms with Gasteiger partial charge >= 0.3 is 0 Å². The molecule has 5 heteroatoms. The van der Waals surface area contributed by atoms with E-state index >= 15 is 0 Å². The van der Waals surface area contributed by atoms with Gasteiger partial charge in [0.1, 0.15) is 0 Å². The van der Waals surface area contributed by atoms with Gasteiger partial charge in [-0.1, -0.05) is 0 Å². The number of hydrogen-bond donors (Lipinski definition) is 0. The highest BCUT2D eigenvalue weighted by Crippen LogP contribution is 2.00. The van der Waals surface area contributed by atoms with E-state index in [9.17, 15) is 0 Å². The molecule has 3 nitrogen and oxygen atoms in total. The molecule has 0 spiro atoms. The number of morpholine rings is 1. The van der Waals surface area contributed by atoms with Crippen LogP contribution in [0.3, 0.4) is 0 Å². The fourth-order valence-electron chi connectivity index (χ4n) is 0.761. The van der Waals surface area contributed by atoms with Gasteiger partial charge in [-0.2, -0.15) is 5.10 Å². The first-order valence-electron chi connectivity index (χ1n) is 3.01. The van der Waals surface area contributed by atoms with Crippen molar-refractivity contribution in [2.24, 2.45) is 5.10 Å². The van der Waals surface area contributed by atoms with Crippen LogP contribution in [0.2, 0.25) is 0 Å². The van der Waals surface area contributed by atoms with Gasteiger partial charge in [-0.3, -0.25) is 5.01 Å². The van der Waals surface area contributed by atoms with Crippen LogP contribution in [0.5, 0.6) is 0 Å². The molecule has 58 valence electrons. The summed E-state index contributed by atoms with van der Waals surface area (Å²) in [6.45, 7) is 2.93. The lowest BCUT2D eigenvalue weighted by atomic mass is 10.5. The predicted molar refractivity (Wildman–Crippen MR) is 41.5 cm³/mol. The van der Waals surface area contributed by atoms with Crippen molar-refractivity contribution in [3.05, 3.63) is 0 Å². The van der Waals surface area contributed by atoms with E-state index in [0.29, 0.717) is 13.2 Å². The molecule has 1 aliphatic heterocycles. The molecule has 10 heavy (non-hydrogen) atoms. The van der Waals surface area contributed by atoms with Crippen molar-refractivity contribution in [3.63, 3.8) is 0 Å². The molecule has 0 aromatic heterocycles. The van der Waals surface area contributed by atoms with E-state index in [1.165, 1.54) is 0 Å². The van der Waals surface area contributed by atoms with Gasteiger partial charge in [0.25, 0.3) is 0 Å². The van der Waals surface area contributed by atoms with Crippen molar-refractivity contribution in [1.29, 1.82) is 0 Å². The first-order chi connectivity index (χ1) is 4.79. The van der Waals surface area contributed by atoms with Crippen LogP contribution in [0.25, 0.3) is 0 Å². The zero-order valence-corrected chi connectivity index (χ0v) is 6.90. The number of hydrogen-bond acceptors (Lipinski definition) is 3. The highest BCUT2D eigenvalue weighted by Gasteiger charge is 2.06. The lowest BCUT2D eigenvalue weighted by Gasteiger charge is -2.23. The van der Waals surface area contributed by atoms with Crippen LogP contribution in [0.4, 0.5) is 0 Å². The molecular formula is C5H8Cl2N2O. The smallest absolute Gasteiger partial charge is 0.215 e. The highest BCUT2D eigenvalue weighted by molar-refractivity contribution is 6.95. The van der Waals surface area contributed by atoms with E-state index in [0.717, 1.165) is 13.1 Å². The number of rotatable bonds is 1. The second-order valence-electron chi connectivity index (χ2n) is 1.91. The summed E-state index contributed by atoms with van der Waals surface area (Å²) in [4.78, 5) is 0. The highest BCUT2D eigenvalue weighted by atomic mass is 35.5. The van der Waals surface area contributed by atoms with E-state index in [4.69, 9.17) is 27.9 Å². The normalized spacial score (nSPS) is 18.8. The Morgan fingerprint density at radius 3 is 2.40 bits per heavy atom. The van der Waals surface area contributed by atoms with Gasteiger partial charge in [-0.15, -0.1) is 0 Å². The predicted octanol–water partition coefficient (Wildman–Crippen LogP) is 1.07. The topological polar surface area (TPSA) is 24.8 Å². The minimum absolute atomic E-state index is 0.0573. The molecular weight excluding hydrogens is 175 g/mol. The van der Waals surface area contributed by atoms with Gasteiger partial charge in [-0.25, -0.2) is 0 Å². The van der Waals surface area contributed by atoms with Gasteiger partial charge in [-0.05, 0) is 23.2 Å². The van der Waals surface area contributed by atoms with Crippen molar-refractivity contribution < 1.29 is 4.74 Å². The molecule has 0 bridgehead atoms. The molecule has 1 saturated heterocycles. The van der Waals surface area contributed by atoms with Crippen LogP contribution < -0.4 is 0 Å². The molecule has 0 radical (unpaired) electrons. The van der Waals surface area contributed by atoms with Crippen LogP contribution in [0.1, 0.15) is 0 Å². The van der Waals surface area contributed by atoms with Crippen molar-refractivity contribution in [2.45, 2.75) is 0 Å². The van der Waals surface area contributed by atoms with Gasteiger partial charge in [0.2, 0.25) is 4.63 Å². The number of halogens is 2. The van der Waals surface area contributed by atoms with Crippen LogP contribution in [0.15, 0.2) is 5.10 Å². The Balaban J connectivity index is 2.33. The summed E-state index contributed by atoms with van der Waals surface area (Å²) >= 11 is 10.7. The summed E-state index contributed by atoms with van der Waals surface area (Å²) in [5, 5.41) is 5.63. The standard InChI is InChI=1S/C5H8Cl2N2O/c6-5(7)8-9-1-3-10-4-2-9/h1-4H2. The molecule has 0 aromatic rings. The van der Waals surface area contributed by atoms with Crippen molar-refractivity contribution in [1.82, 2.24) is 5.01 Å². The van der Waals surface area contributed by atoms with E-state index < -0.39 is 0 Å². The first kappa shape index (κ1) is 8.11. The molecule has 1 aliphatic rings. The summed E-state index contributed by atoms with van der Waals surface area (Å²) in [7, 11) is 0. The second kappa shape index (κ2) is 4.01. The number of hydrazone groups is 1. The number of ether oxygens (including phenoxy) is 1. The minimum atomic E-state index is 0.0573. The van der Waals surface area contributed by atoms with E-state index in [2.05, 4.69) is 5.10 Å². The summed E-state index contributed by atoms with van der Waals surface area (Å²) in [5.74, 6) is 0. The van der Waals surface area contributed by atoms with Crippen LogP contribution in [-0.4, -0.2) is 35.9 Å². The lowest BCUT2D eigenvalue weighted by Crippen LogP contribution is -2.32. The lowest BCUT2D eigenvalue weighted by molar-refractivity contribution is 0.0397. The average Bonchev–Trinajstić information content (AvgIpc) is 1.88. The fraction of sp³-hybridized carbons (Fsp3) is 0.800. The Morgan fingerprint density at radius 1 is 1.30 bits per heavy atom. The summed E-state index contributed by atoms with van der Waals surface area (Å²) in [5.41, 5.74) is 0. The average molecular weight is 183 g/mol. The maximum absolute atomic E-state index is 5.34. The maximum Gasteiger partial charge on any atom is 0.215 e. The second-order valence-corrected chi connectivity index (χ2v) is 2.82. The fourth-order valence-corrected chi connectivity index (χ4v) is 0.974. The van der Waals surface area contributed by atoms with E-state index in [-0.39, 0.29) is 4.63 Å². The van der Waals surface area contributed by atoms with Crippen LogP contribution in [-0.2, 0) is 4.74 Å². The Bertz CT molecular complexity index is 130. The molecule has 0 atom stereocenters. The monoisotopic (exact) mass is 182 g/mol. The molecule has 0 aromatic carbocycles. The van der Waals surface area contributed by atoms with Gasteiger partial charge < -0.3 is 4.74 Å². The summed E-state index contributed by atoms with van der Waals surface area (Å²) < 4.78 is 5.14. The number of nitrogens with zero attached hydrogens (tertiary/aromatic N) is 2.